The fraction of sp³-hybridized carbons (Fsp3) is 0.864. The second-order valence-corrected chi connectivity index (χ2v) is 10.3. The summed E-state index contributed by atoms with van der Waals surface area (Å²) in [6, 6.07) is -0.801. The number of likely N-dealkylation sites (tertiary alicyclic amines) is 1. The fourth-order valence-electron chi connectivity index (χ4n) is 4.36. The van der Waals surface area contributed by atoms with Crippen molar-refractivity contribution in [3.8, 4) is 0 Å². The van der Waals surface area contributed by atoms with Crippen LogP contribution in [0.2, 0.25) is 0 Å². The summed E-state index contributed by atoms with van der Waals surface area (Å²) < 4.78 is 0. The van der Waals surface area contributed by atoms with Crippen LogP contribution < -0.4 is 10.6 Å². The molecule has 4 amide bonds. The van der Waals surface area contributed by atoms with Gasteiger partial charge in [-0.1, -0.05) is 34.6 Å². The molecular weight excluding hydrogens is 382 g/mol. The van der Waals surface area contributed by atoms with E-state index in [4.69, 9.17) is 0 Å². The fourth-order valence-corrected chi connectivity index (χ4v) is 4.36. The summed E-state index contributed by atoms with van der Waals surface area (Å²) in [6.45, 7) is 13.9. The smallest absolute Gasteiger partial charge is 0.320 e. The van der Waals surface area contributed by atoms with E-state index in [1.165, 1.54) is 0 Å². The molecule has 4 atom stereocenters. The van der Waals surface area contributed by atoms with Crippen LogP contribution in [0, 0.1) is 11.3 Å². The lowest BCUT2D eigenvalue weighted by Gasteiger charge is -2.38. The van der Waals surface area contributed by atoms with Crippen LogP contribution in [-0.2, 0) is 9.59 Å². The molecule has 0 aromatic heterocycles. The van der Waals surface area contributed by atoms with Gasteiger partial charge in [-0.25, -0.2) is 4.79 Å². The number of carbonyl (C=O) groups is 3. The molecule has 0 saturated carbocycles. The summed E-state index contributed by atoms with van der Waals surface area (Å²) in [5.74, 6) is 0.120. The average molecular weight is 424 g/mol. The van der Waals surface area contributed by atoms with Gasteiger partial charge in [0, 0.05) is 32.7 Å². The summed E-state index contributed by atoms with van der Waals surface area (Å²) in [5.41, 5.74) is -0.419. The molecule has 0 aromatic carbocycles. The van der Waals surface area contributed by atoms with E-state index in [0.717, 1.165) is 19.4 Å². The van der Waals surface area contributed by atoms with E-state index < -0.39 is 11.5 Å². The van der Waals surface area contributed by atoms with Crippen molar-refractivity contribution in [1.82, 2.24) is 25.3 Å². The molecule has 0 aliphatic carbocycles. The summed E-state index contributed by atoms with van der Waals surface area (Å²) in [6.07, 6.45) is 1.79. The first kappa shape index (κ1) is 24.4. The number of hydrogen-bond donors (Lipinski definition) is 2. The van der Waals surface area contributed by atoms with Crippen LogP contribution in [-0.4, -0.2) is 90.4 Å². The monoisotopic (exact) mass is 423 g/mol. The third kappa shape index (κ3) is 5.25. The molecular formula is C22H41N5O3. The van der Waals surface area contributed by atoms with Crippen LogP contribution in [0.3, 0.4) is 0 Å². The number of rotatable bonds is 7. The largest absolute Gasteiger partial charge is 0.342 e. The lowest BCUT2D eigenvalue weighted by molar-refractivity contribution is -0.140. The average Bonchev–Trinajstić information content (AvgIpc) is 3.23. The number of hydrogen-bond acceptors (Lipinski definition) is 4. The molecule has 3 unspecified atom stereocenters. The van der Waals surface area contributed by atoms with Crippen LogP contribution in [0.5, 0.6) is 0 Å². The van der Waals surface area contributed by atoms with Crippen LogP contribution >= 0.6 is 0 Å². The Balaban J connectivity index is 2.18. The second-order valence-electron chi connectivity index (χ2n) is 10.3. The zero-order valence-corrected chi connectivity index (χ0v) is 20.0. The molecule has 0 radical (unpaired) electrons. The third-order valence-electron chi connectivity index (χ3n) is 6.50. The van der Waals surface area contributed by atoms with E-state index in [9.17, 15) is 14.4 Å². The Bertz CT molecular complexity index is 645. The Kier molecular flexibility index (Phi) is 7.77. The molecule has 2 fully saturated rings. The van der Waals surface area contributed by atoms with Gasteiger partial charge in [-0.2, -0.15) is 0 Å². The number of amides is 4. The molecule has 2 aliphatic heterocycles. The number of urea groups is 1. The van der Waals surface area contributed by atoms with Crippen molar-refractivity contribution in [2.75, 3.05) is 33.7 Å². The molecule has 2 N–H and O–H groups in total. The number of nitrogens with zero attached hydrogens (tertiary/aromatic N) is 3. The lowest BCUT2D eigenvalue weighted by Crippen LogP contribution is -2.59. The van der Waals surface area contributed by atoms with E-state index in [2.05, 4.69) is 24.5 Å². The highest BCUT2D eigenvalue weighted by molar-refractivity contribution is 5.90. The molecule has 0 aromatic rings. The molecule has 2 heterocycles. The highest BCUT2D eigenvalue weighted by atomic mass is 16.2. The van der Waals surface area contributed by atoms with Gasteiger partial charge in [-0.05, 0) is 38.1 Å². The van der Waals surface area contributed by atoms with Gasteiger partial charge >= 0.3 is 6.03 Å². The van der Waals surface area contributed by atoms with Gasteiger partial charge in [0.2, 0.25) is 11.8 Å². The van der Waals surface area contributed by atoms with Crippen molar-refractivity contribution in [3.05, 3.63) is 0 Å². The van der Waals surface area contributed by atoms with E-state index in [-0.39, 0.29) is 36.0 Å². The molecule has 0 bridgehead atoms. The van der Waals surface area contributed by atoms with Gasteiger partial charge < -0.3 is 25.3 Å². The minimum atomic E-state index is -0.612. The highest BCUT2D eigenvalue weighted by Crippen LogP contribution is 2.28. The molecule has 30 heavy (non-hydrogen) atoms. The minimum Gasteiger partial charge on any atom is -0.342 e. The normalized spacial score (nSPS) is 24.6. The summed E-state index contributed by atoms with van der Waals surface area (Å²) >= 11 is 0. The van der Waals surface area contributed by atoms with Crippen LogP contribution in [0.4, 0.5) is 4.79 Å². The Morgan fingerprint density at radius 3 is 2.37 bits per heavy atom. The van der Waals surface area contributed by atoms with Gasteiger partial charge in [-0.15, -0.1) is 0 Å². The van der Waals surface area contributed by atoms with Gasteiger partial charge in [0.05, 0.1) is 12.1 Å². The highest BCUT2D eigenvalue weighted by Gasteiger charge is 2.43. The molecule has 0 spiro atoms. The first-order valence-corrected chi connectivity index (χ1v) is 11.2. The zero-order valence-electron chi connectivity index (χ0n) is 20.0. The molecule has 172 valence electrons. The Morgan fingerprint density at radius 1 is 1.20 bits per heavy atom. The predicted octanol–water partition coefficient (Wildman–Crippen LogP) is 1.51. The number of nitrogens with one attached hydrogen (secondary N) is 2. The number of carbonyl (C=O) groups excluding carboxylic acids is 3. The zero-order chi connectivity index (χ0) is 22.8. The Morgan fingerprint density at radius 2 is 1.83 bits per heavy atom. The maximum absolute atomic E-state index is 13.6. The van der Waals surface area contributed by atoms with Gasteiger partial charge in [0.1, 0.15) is 6.04 Å². The van der Waals surface area contributed by atoms with Crippen LogP contribution in [0.25, 0.3) is 0 Å². The minimum absolute atomic E-state index is 0.0160. The number of likely N-dealkylation sites (N-methyl/N-ethyl adjacent to an activating group) is 2. The lowest BCUT2D eigenvalue weighted by atomic mass is 9.85. The Labute approximate surface area is 181 Å². The van der Waals surface area contributed by atoms with Crippen LogP contribution in [0.1, 0.15) is 54.4 Å². The van der Waals surface area contributed by atoms with Crippen molar-refractivity contribution >= 4 is 17.8 Å². The maximum atomic E-state index is 13.6. The predicted molar refractivity (Wildman–Crippen MR) is 118 cm³/mol. The maximum Gasteiger partial charge on any atom is 0.320 e. The Hall–Kier alpha value is -1.83. The standard InChI is InChI=1S/C22H41N5O3/c1-14(2)17-13-25(8)21(30)27(17)12-16-10-9-11-26(16)20(29)18(22(4,5)6)24-19(28)15(3)23-7/h14-18,23H,9-13H2,1-8H3,(H,24,28)/t15-,16?,17?,18?/m0/s1. The molecule has 2 rings (SSSR count). The van der Waals surface area contributed by atoms with E-state index in [0.29, 0.717) is 19.0 Å². The first-order valence-electron chi connectivity index (χ1n) is 11.2. The van der Waals surface area contributed by atoms with Crippen LogP contribution in [0.15, 0.2) is 0 Å². The SMILES string of the molecule is CN[C@@H](C)C(=O)NC(C(=O)N1CCCC1CN1C(=O)N(C)CC1C(C)C)C(C)(C)C. The molecule has 2 saturated heterocycles. The second kappa shape index (κ2) is 9.54. The van der Waals surface area contributed by atoms with E-state index in [1.54, 1.807) is 18.9 Å². The van der Waals surface area contributed by atoms with E-state index >= 15 is 0 Å². The molecule has 8 heteroatoms. The first-order chi connectivity index (χ1) is 13.9. The molecule has 2 aliphatic rings. The van der Waals surface area contributed by atoms with Crippen molar-refractivity contribution in [3.63, 3.8) is 0 Å². The topological polar surface area (TPSA) is 85.0 Å². The van der Waals surface area contributed by atoms with Crippen molar-refractivity contribution in [2.45, 2.75) is 78.6 Å². The van der Waals surface area contributed by atoms with Gasteiger partial charge in [-0.3, -0.25) is 9.59 Å². The quantitative estimate of drug-likeness (QED) is 0.650. The van der Waals surface area contributed by atoms with E-state index in [1.807, 2.05) is 37.6 Å². The van der Waals surface area contributed by atoms with Crippen molar-refractivity contribution in [2.24, 2.45) is 11.3 Å². The third-order valence-corrected chi connectivity index (χ3v) is 6.50. The van der Waals surface area contributed by atoms with Crippen molar-refractivity contribution < 1.29 is 14.4 Å². The summed E-state index contributed by atoms with van der Waals surface area (Å²) in [5, 5.41) is 5.89. The van der Waals surface area contributed by atoms with Crippen molar-refractivity contribution in [1.29, 1.82) is 0 Å². The summed E-state index contributed by atoms with van der Waals surface area (Å²) in [7, 11) is 3.56. The van der Waals surface area contributed by atoms with Gasteiger partial charge in [0.25, 0.3) is 0 Å². The molecule has 8 nitrogen and oxygen atoms in total. The van der Waals surface area contributed by atoms with Gasteiger partial charge in [0.15, 0.2) is 0 Å². The summed E-state index contributed by atoms with van der Waals surface area (Å²) in [4.78, 5) is 44.4.